The molecule has 0 aliphatic carbocycles. The van der Waals surface area contributed by atoms with Crippen molar-refractivity contribution in [3.05, 3.63) is 57.3 Å². The van der Waals surface area contributed by atoms with Crippen molar-refractivity contribution in [2.75, 3.05) is 5.32 Å². The third-order valence-electron chi connectivity index (χ3n) is 3.28. The van der Waals surface area contributed by atoms with Crippen LogP contribution in [0.25, 0.3) is 0 Å². The molecule has 0 aliphatic rings. The van der Waals surface area contributed by atoms with E-state index in [1.807, 2.05) is 6.07 Å². The zero-order valence-corrected chi connectivity index (χ0v) is 14.2. The molecule has 20 heavy (non-hydrogen) atoms. The lowest BCUT2D eigenvalue weighted by molar-refractivity contribution is 0.851. The Morgan fingerprint density at radius 2 is 1.70 bits per heavy atom. The van der Waals surface area contributed by atoms with Gasteiger partial charge in [0.15, 0.2) is 5.15 Å². The van der Waals surface area contributed by atoms with Crippen molar-refractivity contribution in [3.63, 3.8) is 0 Å². The van der Waals surface area contributed by atoms with Gasteiger partial charge in [0.1, 0.15) is 0 Å². The lowest BCUT2D eigenvalue weighted by Crippen LogP contribution is -2.07. The van der Waals surface area contributed by atoms with Crippen LogP contribution in [-0.4, -0.2) is 4.98 Å². The number of aromatic nitrogens is 1. The zero-order valence-electron chi connectivity index (χ0n) is 11.8. The van der Waals surface area contributed by atoms with Crippen molar-refractivity contribution in [2.45, 2.75) is 32.7 Å². The maximum Gasteiger partial charge on any atom is 0.152 e. The van der Waals surface area contributed by atoms with Crippen molar-refractivity contribution in [1.82, 2.24) is 4.98 Å². The number of hydrogen-bond acceptors (Lipinski definition) is 2. The first-order valence-electron chi connectivity index (χ1n) is 6.65. The molecule has 0 aliphatic heterocycles. The molecule has 1 unspecified atom stereocenters. The molecular formula is C16H18BrClN2. The molecule has 0 bridgehead atoms. The molecule has 0 radical (unpaired) electrons. The summed E-state index contributed by atoms with van der Waals surface area (Å²) in [7, 11) is 0. The van der Waals surface area contributed by atoms with E-state index in [4.69, 9.17) is 11.6 Å². The largest absolute Gasteiger partial charge is 0.376 e. The second kappa shape index (κ2) is 6.59. The molecule has 1 N–H and O–H groups in total. The van der Waals surface area contributed by atoms with Gasteiger partial charge in [-0.05, 0) is 46.0 Å². The molecule has 2 nitrogen and oxygen atoms in total. The first kappa shape index (κ1) is 15.3. The number of hydrogen-bond donors (Lipinski definition) is 1. The van der Waals surface area contributed by atoms with Crippen molar-refractivity contribution < 1.29 is 0 Å². The second-order valence-electron chi connectivity index (χ2n) is 5.18. The van der Waals surface area contributed by atoms with Crippen LogP contribution in [0.1, 0.15) is 43.9 Å². The van der Waals surface area contributed by atoms with Gasteiger partial charge >= 0.3 is 0 Å². The van der Waals surface area contributed by atoms with E-state index in [-0.39, 0.29) is 6.04 Å². The molecule has 0 fully saturated rings. The minimum absolute atomic E-state index is 0.171. The minimum Gasteiger partial charge on any atom is -0.376 e. The van der Waals surface area contributed by atoms with Gasteiger partial charge in [0.2, 0.25) is 0 Å². The summed E-state index contributed by atoms with van der Waals surface area (Å²) in [5.41, 5.74) is 3.41. The molecule has 0 saturated heterocycles. The first-order chi connectivity index (χ1) is 9.47. The Hall–Kier alpha value is -1.06. The summed E-state index contributed by atoms with van der Waals surface area (Å²) in [5, 5.41) is 3.88. The van der Waals surface area contributed by atoms with Gasteiger partial charge in [-0.15, -0.1) is 0 Å². The van der Waals surface area contributed by atoms with E-state index >= 15 is 0 Å². The summed E-state index contributed by atoms with van der Waals surface area (Å²) in [6, 6.07) is 10.8. The first-order valence-corrected chi connectivity index (χ1v) is 7.82. The van der Waals surface area contributed by atoms with Gasteiger partial charge in [-0.25, -0.2) is 4.98 Å². The average Bonchev–Trinajstić information content (AvgIpc) is 2.43. The highest BCUT2D eigenvalue weighted by Gasteiger charge is 2.09. The van der Waals surface area contributed by atoms with Crippen molar-refractivity contribution in [2.24, 2.45) is 0 Å². The summed E-state index contributed by atoms with van der Waals surface area (Å²) < 4.78 is 0.909. The monoisotopic (exact) mass is 352 g/mol. The predicted molar refractivity (Wildman–Crippen MR) is 89.5 cm³/mol. The highest BCUT2D eigenvalue weighted by Crippen LogP contribution is 2.27. The molecule has 1 atom stereocenters. The van der Waals surface area contributed by atoms with E-state index in [2.05, 4.69) is 71.3 Å². The van der Waals surface area contributed by atoms with Crippen LogP contribution < -0.4 is 5.32 Å². The Morgan fingerprint density at radius 3 is 2.30 bits per heavy atom. The fourth-order valence-electron chi connectivity index (χ4n) is 2.01. The van der Waals surface area contributed by atoms with E-state index in [0.717, 1.165) is 10.2 Å². The average molecular weight is 354 g/mol. The Labute approximate surface area is 133 Å². The van der Waals surface area contributed by atoms with Crippen LogP contribution in [0.15, 0.2) is 41.0 Å². The van der Waals surface area contributed by atoms with E-state index in [0.29, 0.717) is 11.1 Å². The normalized spacial score (nSPS) is 12.5. The van der Waals surface area contributed by atoms with Crippen molar-refractivity contribution in [1.29, 1.82) is 0 Å². The number of pyridine rings is 1. The Bertz CT molecular complexity index is 582. The van der Waals surface area contributed by atoms with Crippen LogP contribution in [0, 0.1) is 0 Å². The van der Waals surface area contributed by atoms with E-state index in [9.17, 15) is 0 Å². The fourth-order valence-corrected chi connectivity index (χ4v) is 2.50. The second-order valence-corrected chi connectivity index (χ2v) is 6.45. The van der Waals surface area contributed by atoms with Gasteiger partial charge < -0.3 is 5.32 Å². The Balaban J connectivity index is 2.15. The van der Waals surface area contributed by atoms with Gasteiger partial charge in [-0.1, -0.05) is 49.7 Å². The number of halogens is 2. The van der Waals surface area contributed by atoms with Gasteiger partial charge in [-0.2, -0.15) is 0 Å². The van der Waals surface area contributed by atoms with E-state index < -0.39 is 0 Å². The number of anilines is 1. The van der Waals surface area contributed by atoms with Crippen molar-refractivity contribution in [3.8, 4) is 0 Å². The van der Waals surface area contributed by atoms with Crippen LogP contribution >= 0.6 is 27.5 Å². The highest BCUT2D eigenvalue weighted by molar-refractivity contribution is 9.10. The molecular weight excluding hydrogens is 336 g/mol. The maximum absolute atomic E-state index is 6.10. The Morgan fingerprint density at radius 1 is 1.10 bits per heavy atom. The molecule has 1 heterocycles. The van der Waals surface area contributed by atoms with Crippen LogP contribution in [0.2, 0.25) is 5.15 Å². The van der Waals surface area contributed by atoms with Gasteiger partial charge in [0.25, 0.3) is 0 Å². The number of benzene rings is 1. The topological polar surface area (TPSA) is 24.9 Å². The molecule has 0 saturated carbocycles. The molecule has 1 aromatic carbocycles. The number of rotatable bonds is 4. The molecule has 0 spiro atoms. The van der Waals surface area contributed by atoms with Gasteiger partial charge in [0, 0.05) is 16.7 Å². The van der Waals surface area contributed by atoms with Gasteiger partial charge in [0.05, 0.1) is 5.69 Å². The summed E-state index contributed by atoms with van der Waals surface area (Å²) in [5.74, 6) is 0.552. The highest BCUT2D eigenvalue weighted by atomic mass is 79.9. The zero-order chi connectivity index (χ0) is 14.7. The quantitative estimate of drug-likeness (QED) is 0.703. The van der Waals surface area contributed by atoms with E-state index in [1.165, 1.54) is 11.1 Å². The van der Waals surface area contributed by atoms with Crippen LogP contribution in [-0.2, 0) is 0 Å². The smallest absolute Gasteiger partial charge is 0.152 e. The predicted octanol–water partition coefficient (Wildman–Crippen LogP) is 5.79. The molecule has 0 amide bonds. The fraction of sp³-hybridized carbons (Fsp3) is 0.312. The summed E-state index contributed by atoms with van der Waals surface area (Å²) in [6.45, 7) is 6.51. The standard InChI is InChI=1S/C16H18BrClN2/c1-10(2)12-4-6-13(7-5-12)11(3)20-15-8-14(17)9-19-16(15)18/h4-11,20H,1-3H3. The lowest BCUT2D eigenvalue weighted by Gasteiger charge is -2.17. The van der Waals surface area contributed by atoms with E-state index in [1.54, 1.807) is 6.20 Å². The molecule has 106 valence electrons. The lowest BCUT2D eigenvalue weighted by atomic mass is 9.99. The van der Waals surface area contributed by atoms with Crippen LogP contribution in [0.4, 0.5) is 5.69 Å². The molecule has 1 aromatic heterocycles. The van der Waals surface area contributed by atoms with Gasteiger partial charge in [-0.3, -0.25) is 0 Å². The Kier molecular flexibility index (Phi) is 5.06. The summed E-state index contributed by atoms with van der Waals surface area (Å²) >= 11 is 9.51. The maximum atomic E-state index is 6.10. The van der Waals surface area contributed by atoms with Crippen molar-refractivity contribution >= 4 is 33.2 Å². The third-order valence-corrected chi connectivity index (χ3v) is 4.02. The summed E-state index contributed by atoms with van der Waals surface area (Å²) in [4.78, 5) is 4.12. The summed E-state index contributed by atoms with van der Waals surface area (Å²) in [6.07, 6.45) is 1.69. The SMILES string of the molecule is CC(C)c1ccc(C(C)Nc2cc(Br)cnc2Cl)cc1. The molecule has 4 heteroatoms. The third kappa shape index (κ3) is 3.74. The minimum atomic E-state index is 0.171. The number of nitrogens with zero attached hydrogens (tertiary/aromatic N) is 1. The molecule has 2 rings (SSSR count). The number of nitrogens with one attached hydrogen (secondary N) is 1. The van der Waals surface area contributed by atoms with Crippen LogP contribution in [0.5, 0.6) is 0 Å². The van der Waals surface area contributed by atoms with Crippen LogP contribution in [0.3, 0.4) is 0 Å². The molecule has 2 aromatic rings.